The summed E-state index contributed by atoms with van der Waals surface area (Å²) >= 11 is 5.98. The Labute approximate surface area is 184 Å². The van der Waals surface area contributed by atoms with E-state index in [4.69, 9.17) is 25.8 Å². The summed E-state index contributed by atoms with van der Waals surface area (Å²) in [6.07, 6.45) is 1.62. The minimum atomic E-state index is -0.478. The lowest BCUT2D eigenvalue weighted by Crippen LogP contribution is -2.09. The summed E-state index contributed by atoms with van der Waals surface area (Å²) in [7, 11) is 0. The number of Topliss-reactive ketones (excluding diaryl/α,β-unsaturated/α-hetero) is 1. The molecule has 0 atom stereocenters. The first-order valence-electron chi connectivity index (χ1n) is 9.74. The summed E-state index contributed by atoms with van der Waals surface area (Å²) in [5, 5.41) is 0.468. The second-order valence-electron chi connectivity index (χ2n) is 6.97. The Bertz CT molecular complexity index is 1200. The van der Waals surface area contributed by atoms with Gasteiger partial charge in [0, 0.05) is 5.02 Å². The maximum Gasteiger partial charge on any atom is 0.343 e. The fourth-order valence-corrected chi connectivity index (χ4v) is 3.30. The molecular formula is C25H19ClO5. The van der Waals surface area contributed by atoms with Crippen molar-refractivity contribution in [3.63, 3.8) is 0 Å². The van der Waals surface area contributed by atoms with Gasteiger partial charge in [-0.3, -0.25) is 4.79 Å². The van der Waals surface area contributed by atoms with Crippen molar-refractivity contribution in [3.8, 4) is 17.2 Å². The topological polar surface area (TPSA) is 61.8 Å². The number of halogens is 1. The van der Waals surface area contributed by atoms with E-state index in [1.165, 1.54) is 0 Å². The molecule has 0 unspecified atom stereocenters. The van der Waals surface area contributed by atoms with Gasteiger partial charge in [0.15, 0.2) is 17.3 Å². The summed E-state index contributed by atoms with van der Waals surface area (Å²) in [5.41, 5.74) is 2.59. The molecular weight excluding hydrogens is 416 g/mol. The number of hydrogen-bond donors (Lipinski definition) is 0. The van der Waals surface area contributed by atoms with E-state index >= 15 is 0 Å². The number of allylic oxidation sites excluding steroid dienone is 1. The Morgan fingerprint density at radius 3 is 2.55 bits per heavy atom. The summed E-state index contributed by atoms with van der Waals surface area (Å²) in [6, 6.07) is 17.1. The van der Waals surface area contributed by atoms with Crippen molar-refractivity contribution in [2.75, 3.05) is 6.61 Å². The van der Waals surface area contributed by atoms with E-state index in [2.05, 4.69) is 0 Å². The molecule has 3 aromatic carbocycles. The fourth-order valence-electron chi connectivity index (χ4n) is 3.13. The molecule has 0 saturated heterocycles. The highest BCUT2D eigenvalue weighted by atomic mass is 35.5. The number of carbonyl (C=O) groups is 2. The molecule has 6 heteroatoms. The Morgan fingerprint density at radius 2 is 1.81 bits per heavy atom. The number of fused-ring (bicyclic) bond motifs is 1. The molecule has 156 valence electrons. The SMILES string of the molecule is CCOc1cc(C=C2Oc3ccc(Cl)cc3C2=O)ccc1OC(=O)c1ccc(C)cc1. The standard InChI is InChI=1S/C25H19ClO5/c1-3-29-22-12-16(13-23-24(27)19-14-18(26)9-11-20(19)30-23)6-10-21(22)31-25(28)17-7-4-15(2)5-8-17/h4-14H,3H2,1-2H3. The van der Waals surface area contributed by atoms with Gasteiger partial charge in [-0.25, -0.2) is 4.79 Å². The number of rotatable bonds is 5. The number of ether oxygens (including phenoxy) is 3. The van der Waals surface area contributed by atoms with Gasteiger partial charge in [0.1, 0.15) is 5.75 Å². The van der Waals surface area contributed by atoms with Gasteiger partial charge in [0.05, 0.1) is 17.7 Å². The molecule has 0 saturated carbocycles. The van der Waals surface area contributed by atoms with E-state index in [0.29, 0.717) is 45.6 Å². The third-order valence-electron chi connectivity index (χ3n) is 4.69. The summed E-state index contributed by atoms with van der Waals surface area (Å²) in [6.45, 7) is 4.16. The molecule has 0 amide bonds. The third kappa shape index (κ3) is 4.47. The maximum absolute atomic E-state index is 12.6. The first kappa shape index (κ1) is 20.7. The minimum absolute atomic E-state index is 0.184. The van der Waals surface area contributed by atoms with Crippen LogP contribution in [0.25, 0.3) is 6.08 Å². The Balaban J connectivity index is 1.59. The van der Waals surface area contributed by atoms with Crippen molar-refractivity contribution >= 4 is 29.4 Å². The Morgan fingerprint density at radius 1 is 1.03 bits per heavy atom. The molecule has 31 heavy (non-hydrogen) atoms. The molecule has 5 nitrogen and oxygen atoms in total. The molecule has 0 radical (unpaired) electrons. The zero-order valence-corrected chi connectivity index (χ0v) is 17.7. The predicted molar refractivity (Wildman–Crippen MR) is 118 cm³/mol. The number of hydrogen-bond acceptors (Lipinski definition) is 5. The van der Waals surface area contributed by atoms with Crippen LogP contribution in [0.2, 0.25) is 5.02 Å². The van der Waals surface area contributed by atoms with E-state index in [1.54, 1.807) is 54.6 Å². The highest BCUT2D eigenvalue weighted by Crippen LogP contribution is 2.35. The molecule has 1 heterocycles. The van der Waals surface area contributed by atoms with Gasteiger partial charge in [-0.15, -0.1) is 0 Å². The molecule has 0 N–H and O–H groups in total. The fraction of sp³-hybridized carbons (Fsp3) is 0.120. The average Bonchev–Trinajstić information content (AvgIpc) is 3.05. The first-order chi connectivity index (χ1) is 14.9. The third-order valence-corrected chi connectivity index (χ3v) is 4.92. The Kier molecular flexibility index (Phi) is 5.78. The van der Waals surface area contributed by atoms with E-state index in [1.807, 2.05) is 26.0 Å². The van der Waals surface area contributed by atoms with E-state index < -0.39 is 5.97 Å². The summed E-state index contributed by atoms with van der Waals surface area (Å²) < 4.78 is 16.9. The molecule has 0 fully saturated rings. The molecule has 1 aliphatic heterocycles. The van der Waals surface area contributed by atoms with Crippen LogP contribution in [0.15, 0.2) is 66.4 Å². The van der Waals surface area contributed by atoms with Crippen molar-refractivity contribution in [1.29, 1.82) is 0 Å². The van der Waals surface area contributed by atoms with Crippen molar-refractivity contribution in [1.82, 2.24) is 0 Å². The highest BCUT2D eigenvalue weighted by Gasteiger charge is 2.27. The molecule has 3 aromatic rings. The van der Waals surface area contributed by atoms with Gasteiger partial charge in [0.25, 0.3) is 0 Å². The van der Waals surface area contributed by atoms with Crippen molar-refractivity contribution in [3.05, 3.63) is 93.7 Å². The summed E-state index contributed by atoms with van der Waals surface area (Å²) in [5.74, 6) is 0.615. The van der Waals surface area contributed by atoms with Crippen LogP contribution in [-0.4, -0.2) is 18.4 Å². The molecule has 0 bridgehead atoms. The van der Waals surface area contributed by atoms with Crippen LogP contribution in [0.3, 0.4) is 0 Å². The van der Waals surface area contributed by atoms with Gasteiger partial charge in [-0.2, -0.15) is 0 Å². The minimum Gasteiger partial charge on any atom is -0.490 e. The smallest absolute Gasteiger partial charge is 0.343 e. The van der Waals surface area contributed by atoms with Crippen LogP contribution in [-0.2, 0) is 0 Å². The van der Waals surface area contributed by atoms with Crippen LogP contribution < -0.4 is 14.2 Å². The summed E-state index contributed by atoms with van der Waals surface area (Å²) in [4.78, 5) is 25.1. The van der Waals surface area contributed by atoms with Crippen LogP contribution in [0, 0.1) is 6.92 Å². The van der Waals surface area contributed by atoms with Gasteiger partial charge < -0.3 is 14.2 Å². The maximum atomic E-state index is 12.6. The largest absolute Gasteiger partial charge is 0.490 e. The van der Waals surface area contributed by atoms with Gasteiger partial charge >= 0.3 is 5.97 Å². The van der Waals surface area contributed by atoms with Crippen LogP contribution in [0.4, 0.5) is 0 Å². The number of esters is 1. The second kappa shape index (κ2) is 8.66. The van der Waals surface area contributed by atoms with E-state index in [-0.39, 0.29) is 11.5 Å². The Hall–Kier alpha value is -3.57. The molecule has 0 aliphatic carbocycles. The lowest BCUT2D eigenvalue weighted by atomic mass is 10.1. The quantitative estimate of drug-likeness (QED) is 0.285. The molecule has 4 rings (SSSR count). The average molecular weight is 435 g/mol. The zero-order chi connectivity index (χ0) is 22.0. The lowest BCUT2D eigenvalue weighted by Gasteiger charge is -2.12. The molecule has 1 aliphatic rings. The predicted octanol–water partition coefficient (Wildman–Crippen LogP) is 5.88. The van der Waals surface area contributed by atoms with Crippen molar-refractivity contribution in [2.45, 2.75) is 13.8 Å². The molecule has 0 spiro atoms. The van der Waals surface area contributed by atoms with Crippen LogP contribution in [0.5, 0.6) is 17.2 Å². The van der Waals surface area contributed by atoms with Crippen molar-refractivity contribution in [2.24, 2.45) is 0 Å². The lowest BCUT2D eigenvalue weighted by molar-refractivity contribution is 0.0728. The van der Waals surface area contributed by atoms with E-state index in [0.717, 1.165) is 5.56 Å². The van der Waals surface area contributed by atoms with Gasteiger partial charge in [-0.05, 0) is 68.0 Å². The molecule has 0 aromatic heterocycles. The first-order valence-corrected chi connectivity index (χ1v) is 10.1. The van der Waals surface area contributed by atoms with Crippen LogP contribution >= 0.6 is 11.6 Å². The number of carbonyl (C=O) groups excluding carboxylic acids is 2. The number of benzene rings is 3. The van der Waals surface area contributed by atoms with Gasteiger partial charge in [0.2, 0.25) is 5.78 Å². The van der Waals surface area contributed by atoms with Crippen molar-refractivity contribution < 1.29 is 23.8 Å². The van der Waals surface area contributed by atoms with Gasteiger partial charge in [-0.1, -0.05) is 35.4 Å². The highest BCUT2D eigenvalue weighted by molar-refractivity contribution is 6.31. The normalized spacial score (nSPS) is 13.6. The monoisotopic (exact) mass is 434 g/mol. The van der Waals surface area contributed by atoms with E-state index in [9.17, 15) is 9.59 Å². The zero-order valence-electron chi connectivity index (χ0n) is 17.0. The second-order valence-corrected chi connectivity index (χ2v) is 7.41. The number of ketones is 1. The van der Waals surface area contributed by atoms with Crippen LogP contribution in [0.1, 0.15) is 38.8 Å². The number of aryl methyl sites for hydroxylation is 1.